The van der Waals surface area contributed by atoms with E-state index >= 15 is 0 Å². The van der Waals surface area contributed by atoms with Crippen LogP contribution in [0.3, 0.4) is 0 Å². The fourth-order valence-electron chi connectivity index (χ4n) is 1.87. The number of aryl methyl sites for hydroxylation is 1. The van der Waals surface area contributed by atoms with Gasteiger partial charge in [-0.25, -0.2) is 0 Å². The lowest BCUT2D eigenvalue weighted by molar-refractivity contribution is -0.123. The van der Waals surface area contributed by atoms with E-state index in [1.807, 2.05) is 56.3 Å². The third-order valence-corrected chi connectivity index (χ3v) is 2.99. The molecule has 2 unspecified atom stereocenters. The Hall–Kier alpha value is -2.07. The number of nitrogens with two attached hydrogens (primary N) is 1. The zero-order valence-electron chi connectivity index (χ0n) is 11.1. The zero-order chi connectivity index (χ0) is 13.8. The number of carbonyl (C=O) groups is 1. The van der Waals surface area contributed by atoms with Crippen molar-refractivity contribution in [2.24, 2.45) is 5.73 Å². The summed E-state index contributed by atoms with van der Waals surface area (Å²) in [6.07, 6.45) is 0. The van der Waals surface area contributed by atoms with Crippen LogP contribution in [0.2, 0.25) is 0 Å². The molecule has 1 heterocycles. The number of amides is 1. The topological polar surface area (TPSA) is 68.3 Å². The lowest BCUT2D eigenvalue weighted by Gasteiger charge is -2.16. The molecule has 0 aliphatic heterocycles. The van der Waals surface area contributed by atoms with E-state index in [-0.39, 0.29) is 11.9 Å². The SMILES string of the molecule is Cc1ccc(C(C)NC(=O)C(N)c2ccccc2)o1. The van der Waals surface area contributed by atoms with Crippen LogP contribution in [0.5, 0.6) is 0 Å². The Bertz CT molecular complexity index is 548. The molecule has 0 spiro atoms. The fourth-order valence-corrected chi connectivity index (χ4v) is 1.87. The predicted octanol–water partition coefficient (Wildman–Crippen LogP) is 2.47. The third-order valence-electron chi connectivity index (χ3n) is 2.99. The molecule has 3 N–H and O–H groups in total. The van der Waals surface area contributed by atoms with Crippen LogP contribution in [-0.4, -0.2) is 5.91 Å². The van der Waals surface area contributed by atoms with Crippen LogP contribution in [0.1, 0.15) is 36.1 Å². The van der Waals surface area contributed by atoms with Crippen LogP contribution in [-0.2, 0) is 4.79 Å². The maximum absolute atomic E-state index is 12.1. The molecular formula is C15H18N2O2. The van der Waals surface area contributed by atoms with Gasteiger partial charge in [-0.2, -0.15) is 0 Å². The summed E-state index contributed by atoms with van der Waals surface area (Å²) in [5, 5.41) is 2.85. The van der Waals surface area contributed by atoms with Crippen molar-refractivity contribution in [1.82, 2.24) is 5.32 Å². The first-order valence-electron chi connectivity index (χ1n) is 6.25. The summed E-state index contributed by atoms with van der Waals surface area (Å²) in [6, 6.07) is 12.2. The van der Waals surface area contributed by atoms with Gasteiger partial charge in [0.25, 0.3) is 0 Å². The van der Waals surface area contributed by atoms with Crippen molar-refractivity contribution in [3.63, 3.8) is 0 Å². The Balaban J connectivity index is 2.01. The molecule has 0 radical (unpaired) electrons. The number of benzene rings is 1. The van der Waals surface area contributed by atoms with E-state index in [0.29, 0.717) is 0 Å². The summed E-state index contributed by atoms with van der Waals surface area (Å²) in [5.41, 5.74) is 6.72. The first-order chi connectivity index (χ1) is 9.08. The molecule has 0 bridgehead atoms. The highest BCUT2D eigenvalue weighted by atomic mass is 16.3. The number of carbonyl (C=O) groups excluding carboxylic acids is 1. The van der Waals surface area contributed by atoms with Crippen molar-refractivity contribution in [1.29, 1.82) is 0 Å². The largest absolute Gasteiger partial charge is 0.464 e. The van der Waals surface area contributed by atoms with Crippen LogP contribution in [0.25, 0.3) is 0 Å². The molecule has 4 heteroatoms. The van der Waals surface area contributed by atoms with E-state index in [2.05, 4.69) is 5.32 Å². The van der Waals surface area contributed by atoms with Crippen molar-refractivity contribution in [2.75, 3.05) is 0 Å². The lowest BCUT2D eigenvalue weighted by atomic mass is 10.1. The van der Waals surface area contributed by atoms with E-state index in [4.69, 9.17) is 10.2 Å². The molecule has 0 saturated carbocycles. The second-order valence-electron chi connectivity index (χ2n) is 4.57. The van der Waals surface area contributed by atoms with Gasteiger partial charge in [-0.3, -0.25) is 4.79 Å². The van der Waals surface area contributed by atoms with E-state index in [9.17, 15) is 4.79 Å². The summed E-state index contributed by atoms with van der Waals surface area (Å²) >= 11 is 0. The normalized spacial score (nSPS) is 13.8. The Labute approximate surface area is 112 Å². The molecule has 2 aromatic rings. The number of nitrogens with one attached hydrogen (secondary N) is 1. The smallest absolute Gasteiger partial charge is 0.242 e. The molecule has 1 aromatic heterocycles. The molecule has 0 aliphatic rings. The van der Waals surface area contributed by atoms with Gasteiger partial charge in [0.15, 0.2) is 0 Å². The summed E-state index contributed by atoms with van der Waals surface area (Å²) in [5.74, 6) is 1.34. The molecule has 0 saturated heterocycles. The number of hydrogen-bond donors (Lipinski definition) is 2. The average molecular weight is 258 g/mol. The van der Waals surface area contributed by atoms with Crippen molar-refractivity contribution in [3.05, 3.63) is 59.5 Å². The highest BCUT2D eigenvalue weighted by molar-refractivity contribution is 5.83. The molecule has 2 rings (SSSR count). The monoisotopic (exact) mass is 258 g/mol. The van der Waals surface area contributed by atoms with Crippen molar-refractivity contribution in [3.8, 4) is 0 Å². The molecular weight excluding hydrogens is 240 g/mol. The molecule has 4 nitrogen and oxygen atoms in total. The maximum atomic E-state index is 12.1. The van der Waals surface area contributed by atoms with E-state index in [1.165, 1.54) is 0 Å². The molecule has 100 valence electrons. The van der Waals surface area contributed by atoms with Crippen LogP contribution >= 0.6 is 0 Å². The van der Waals surface area contributed by atoms with E-state index in [1.54, 1.807) is 0 Å². The third kappa shape index (κ3) is 3.23. The molecule has 0 fully saturated rings. The number of furan rings is 1. The Kier molecular flexibility index (Phi) is 4.02. The van der Waals surface area contributed by atoms with Gasteiger partial charge < -0.3 is 15.5 Å². The highest BCUT2D eigenvalue weighted by Crippen LogP contribution is 2.17. The first kappa shape index (κ1) is 13.4. The Morgan fingerprint density at radius 2 is 1.89 bits per heavy atom. The summed E-state index contributed by atoms with van der Waals surface area (Å²) in [6.45, 7) is 3.74. The quantitative estimate of drug-likeness (QED) is 0.885. The first-order valence-corrected chi connectivity index (χ1v) is 6.25. The van der Waals surface area contributed by atoms with Gasteiger partial charge in [0.05, 0.1) is 6.04 Å². The lowest BCUT2D eigenvalue weighted by Crippen LogP contribution is -2.35. The van der Waals surface area contributed by atoms with Gasteiger partial charge in [0.2, 0.25) is 5.91 Å². The van der Waals surface area contributed by atoms with Gasteiger partial charge in [-0.05, 0) is 31.5 Å². The van der Waals surface area contributed by atoms with Crippen molar-refractivity contribution in [2.45, 2.75) is 25.9 Å². The minimum absolute atomic E-state index is 0.198. The summed E-state index contributed by atoms with van der Waals surface area (Å²) < 4.78 is 5.48. The molecule has 19 heavy (non-hydrogen) atoms. The number of hydrogen-bond acceptors (Lipinski definition) is 3. The maximum Gasteiger partial charge on any atom is 0.242 e. The van der Waals surface area contributed by atoms with Gasteiger partial charge in [-0.1, -0.05) is 30.3 Å². The van der Waals surface area contributed by atoms with Gasteiger partial charge in [0, 0.05) is 0 Å². The van der Waals surface area contributed by atoms with Gasteiger partial charge in [0.1, 0.15) is 17.6 Å². The van der Waals surface area contributed by atoms with Crippen LogP contribution in [0.4, 0.5) is 0 Å². The molecule has 0 aliphatic carbocycles. The van der Waals surface area contributed by atoms with Crippen molar-refractivity contribution >= 4 is 5.91 Å². The van der Waals surface area contributed by atoms with Gasteiger partial charge >= 0.3 is 0 Å². The minimum Gasteiger partial charge on any atom is -0.464 e. The van der Waals surface area contributed by atoms with Crippen LogP contribution in [0.15, 0.2) is 46.9 Å². The second-order valence-corrected chi connectivity index (χ2v) is 4.57. The zero-order valence-corrected chi connectivity index (χ0v) is 11.1. The van der Waals surface area contributed by atoms with E-state index < -0.39 is 6.04 Å². The van der Waals surface area contributed by atoms with Crippen LogP contribution in [0, 0.1) is 6.92 Å². The minimum atomic E-state index is -0.667. The fraction of sp³-hybridized carbons (Fsp3) is 0.267. The number of rotatable bonds is 4. The average Bonchev–Trinajstić information content (AvgIpc) is 2.85. The summed E-state index contributed by atoms with van der Waals surface area (Å²) in [4.78, 5) is 12.1. The standard InChI is InChI=1S/C15H18N2O2/c1-10-8-9-13(19-10)11(2)17-15(18)14(16)12-6-4-3-5-7-12/h3-9,11,14H,16H2,1-2H3,(H,17,18). The molecule has 1 aromatic carbocycles. The van der Waals surface area contributed by atoms with Crippen molar-refractivity contribution < 1.29 is 9.21 Å². The molecule has 1 amide bonds. The second kappa shape index (κ2) is 5.71. The Morgan fingerprint density at radius 1 is 1.21 bits per heavy atom. The van der Waals surface area contributed by atoms with Crippen LogP contribution < -0.4 is 11.1 Å². The van der Waals surface area contributed by atoms with E-state index in [0.717, 1.165) is 17.1 Å². The predicted molar refractivity (Wildman–Crippen MR) is 73.4 cm³/mol. The Morgan fingerprint density at radius 3 is 2.47 bits per heavy atom. The summed E-state index contributed by atoms with van der Waals surface area (Å²) in [7, 11) is 0. The highest BCUT2D eigenvalue weighted by Gasteiger charge is 2.19. The molecule has 2 atom stereocenters. The van der Waals surface area contributed by atoms with Gasteiger partial charge in [-0.15, -0.1) is 0 Å².